The Kier molecular flexibility index (Phi) is 10.2. The van der Waals surface area contributed by atoms with Gasteiger partial charge in [0.1, 0.15) is 6.04 Å². The number of carboxylic acid groups (broad SMARTS) is 1. The van der Waals surface area contributed by atoms with Crippen molar-refractivity contribution in [3.05, 3.63) is 0 Å². The molecule has 0 spiro atoms. The molecule has 0 aliphatic heterocycles. The van der Waals surface area contributed by atoms with Crippen LogP contribution in [-0.2, 0) is 9.59 Å². The number of hydrogen-bond donors (Lipinski definition) is 2. The van der Waals surface area contributed by atoms with Crippen LogP contribution in [0.5, 0.6) is 0 Å². The van der Waals surface area contributed by atoms with E-state index < -0.39 is 12.0 Å². The molecular weight excluding hydrogens is 244 g/mol. The highest BCUT2D eigenvalue weighted by Gasteiger charge is 2.24. The Morgan fingerprint density at radius 3 is 2.11 bits per heavy atom. The highest BCUT2D eigenvalue weighted by molar-refractivity contribution is 5.76. The van der Waals surface area contributed by atoms with Gasteiger partial charge in [0.25, 0.3) is 0 Å². The average molecular weight is 272 g/mol. The second-order valence-electron chi connectivity index (χ2n) is 4.78. The zero-order chi connectivity index (χ0) is 14.7. The van der Waals surface area contributed by atoms with Crippen molar-refractivity contribution in [2.75, 3.05) is 19.6 Å². The molecule has 1 atom stereocenters. The number of carbonyl (C=O) groups excluding carboxylic acids is 1. The molecular formula is C14H28N2O3. The topological polar surface area (TPSA) is 69.6 Å². The number of amides is 1. The van der Waals surface area contributed by atoms with E-state index in [1.54, 1.807) is 0 Å². The fourth-order valence-corrected chi connectivity index (χ4v) is 2.12. The van der Waals surface area contributed by atoms with Crippen molar-refractivity contribution in [3.63, 3.8) is 0 Å². The molecule has 0 aromatic rings. The van der Waals surface area contributed by atoms with Gasteiger partial charge in [-0.1, -0.05) is 20.8 Å². The Morgan fingerprint density at radius 1 is 1.11 bits per heavy atom. The van der Waals surface area contributed by atoms with Crippen LogP contribution in [0.4, 0.5) is 0 Å². The fourth-order valence-electron chi connectivity index (χ4n) is 2.12. The second-order valence-corrected chi connectivity index (χ2v) is 4.78. The Hall–Kier alpha value is -1.10. The van der Waals surface area contributed by atoms with Gasteiger partial charge < -0.3 is 10.4 Å². The standard InChI is InChI=1S/C14H28N2O3/c1-4-7-13(17)15-9-8-12(14(18)19)16(10-5-2)11-6-3/h12H,4-11H2,1-3H3,(H,15,17)(H,18,19)/t12-/m1/s1. The van der Waals surface area contributed by atoms with Crippen molar-refractivity contribution < 1.29 is 14.7 Å². The number of nitrogens with one attached hydrogen (secondary N) is 1. The summed E-state index contributed by atoms with van der Waals surface area (Å²) < 4.78 is 0. The molecule has 2 N–H and O–H groups in total. The van der Waals surface area contributed by atoms with E-state index in [1.165, 1.54) is 0 Å². The Morgan fingerprint density at radius 2 is 1.68 bits per heavy atom. The summed E-state index contributed by atoms with van der Waals surface area (Å²) in [5.41, 5.74) is 0. The summed E-state index contributed by atoms with van der Waals surface area (Å²) in [4.78, 5) is 24.7. The molecule has 19 heavy (non-hydrogen) atoms. The first-order chi connectivity index (χ1) is 9.06. The zero-order valence-electron chi connectivity index (χ0n) is 12.4. The molecule has 112 valence electrons. The highest BCUT2D eigenvalue weighted by Crippen LogP contribution is 2.07. The van der Waals surface area contributed by atoms with Gasteiger partial charge in [0.15, 0.2) is 0 Å². The molecule has 0 heterocycles. The van der Waals surface area contributed by atoms with E-state index in [0.717, 1.165) is 32.4 Å². The van der Waals surface area contributed by atoms with Gasteiger partial charge in [0.05, 0.1) is 0 Å². The third kappa shape index (κ3) is 7.82. The van der Waals surface area contributed by atoms with E-state index in [1.807, 2.05) is 25.7 Å². The van der Waals surface area contributed by atoms with Crippen LogP contribution in [0.2, 0.25) is 0 Å². The minimum absolute atomic E-state index is 0.00386. The Bertz CT molecular complexity index is 263. The van der Waals surface area contributed by atoms with Crippen LogP contribution in [0.3, 0.4) is 0 Å². The monoisotopic (exact) mass is 272 g/mol. The van der Waals surface area contributed by atoms with Gasteiger partial charge in [-0.05, 0) is 38.8 Å². The number of carbonyl (C=O) groups is 2. The second kappa shape index (κ2) is 10.8. The number of hydrogen-bond acceptors (Lipinski definition) is 3. The number of nitrogens with zero attached hydrogens (tertiary/aromatic N) is 1. The van der Waals surface area contributed by atoms with Gasteiger partial charge in [0, 0.05) is 13.0 Å². The molecule has 0 aliphatic rings. The average Bonchev–Trinajstić information content (AvgIpc) is 2.34. The van der Waals surface area contributed by atoms with Gasteiger partial charge in [0.2, 0.25) is 5.91 Å². The van der Waals surface area contributed by atoms with Crippen molar-refractivity contribution in [2.24, 2.45) is 0 Å². The summed E-state index contributed by atoms with van der Waals surface area (Å²) in [6, 6.07) is -0.498. The lowest BCUT2D eigenvalue weighted by atomic mass is 10.1. The van der Waals surface area contributed by atoms with Crippen molar-refractivity contribution in [3.8, 4) is 0 Å². The number of rotatable bonds is 11. The first-order valence-electron chi connectivity index (χ1n) is 7.30. The third-order valence-electron chi connectivity index (χ3n) is 2.96. The van der Waals surface area contributed by atoms with E-state index in [2.05, 4.69) is 5.32 Å². The lowest BCUT2D eigenvalue weighted by molar-refractivity contribution is -0.143. The highest BCUT2D eigenvalue weighted by atomic mass is 16.4. The van der Waals surface area contributed by atoms with Crippen molar-refractivity contribution in [1.29, 1.82) is 0 Å². The Balaban J connectivity index is 4.30. The molecule has 0 unspecified atom stereocenters. The van der Waals surface area contributed by atoms with Gasteiger partial charge >= 0.3 is 5.97 Å². The minimum Gasteiger partial charge on any atom is -0.480 e. The van der Waals surface area contributed by atoms with Gasteiger partial charge in [-0.2, -0.15) is 0 Å². The molecule has 0 aromatic heterocycles. The van der Waals surface area contributed by atoms with Crippen LogP contribution in [0, 0.1) is 0 Å². The van der Waals surface area contributed by atoms with E-state index in [0.29, 0.717) is 19.4 Å². The predicted octanol–water partition coefficient (Wildman–Crippen LogP) is 1.87. The molecule has 0 radical (unpaired) electrons. The normalized spacial score (nSPS) is 12.4. The lowest BCUT2D eigenvalue weighted by Crippen LogP contribution is -2.44. The molecule has 0 bridgehead atoms. The molecule has 1 amide bonds. The summed E-state index contributed by atoms with van der Waals surface area (Å²) in [6.07, 6.45) is 3.65. The smallest absolute Gasteiger partial charge is 0.320 e. The van der Waals surface area contributed by atoms with Crippen LogP contribution in [0.15, 0.2) is 0 Å². The van der Waals surface area contributed by atoms with Crippen molar-refractivity contribution in [2.45, 2.75) is 58.9 Å². The first-order valence-corrected chi connectivity index (χ1v) is 7.30. The van der Waals surface area contributed by atoms with Crippen LogP contribution in [0.1, 0.15) is 52.9 Å². The molecule has 5 heteroatoms. The molecule has 0 saturated heterocycles. The van der Waals surface area contributed by atoms with Gasteiger partial charge in [-0.15, -0.1) is 0 Å². The minimum atomic E-state index is -0.799. The van der Waals surface area contributed by atoms with E-state index in [4.69, 9.17) is 0 Å². The maximum absolute atomic E-state index is 11.3. The van der Waals surface area contributed by atoms with Crippen LogP contribution in [0.25, 0.3) is 0 Å². The van der Waals surface area contributed by atoms with Crippen molar-refractivity contribution in [1.82, 2.24) is 10.2 Å². The fraction of sp³-hybridized carbons (Fsp3) is 0.857. The van der Waals surface area contributed by atoms with E-state index in [-0.39, 0.29) is 5.91 Å². The first kappa shape index (κ1) is 17.9. The molecule has 0 aliphatic carbocycles. The van der Waals surface area contributed by atoms with Gasteiger partial charge in [-0.25, -0.2) is 0 Å². The predicted molar refractivity (Wildman–Crippen MR) is 76.1 cm³/mol. The maximum Gasteiger partial charge on any atom is 0.320 e. The molecule has 0 saturated carbocycles. The van der Waals surface area contributed by atoms with Crippen molar-refractivity contribution >= 4 is 11.9 Å². The Labute approximate surface area is 116 Å². The molecule has 0 rings (SSSR count). The number of carboxylic acids is 1. The summed E-state index contributed by atoms with van der Waals surface area (Å²) >= 11 is 0. The number of aliphatic carboxylic acids is 1. The molecule has 5 nitrogen and oxygen atoms in total. The summed E-state index contributed by atoms with van der Waals surface area (Å²) in [6.45, 7) is 8.04. The quantitative estimate of drug-likeness (QED) is 0.602. The van der Waals surface area contributed by atoms with E-state index >= 15 is 0 Å². The van der Waals surface area contributed by atoms with E-state index in [9.17, 15) is 14.7 Å². The van der Waals surface area contributed by atoms with Crippen LogP contribution in [-0.4, -0.2) is 47.6 Å². The summed E-state index contributed by atoms with van der Waals surface area (Å²) in [5.74, 6) is -0.796. The summed E-state index contributed by atoms with van der Waals surface area (Å²) in [7, 11) is 0. The zero-order valence-corrected chi connectivity index (χ0v) is 12.4. The largest absolute Gasteiger partial charge is 0.480 e. The van der Waals surface area contributed by atoms with Crippen LogP contribution >= 0.6 is 0 Å². The SMILES string of the molecule is CCCC(=O)NCC[C@H](C(=O)O)N(CCC)CCC. The van der Waals surface area contributed by atoms with Gasteiger partial charge in [-0.3, -0.25) is 14.5 Å². The lowest BCUT2D eigenvalue weighted by Gasteiger charge is -2.28. The summed E-state index contributed by atoms with van der Waals surface area (Å²) in [5, 5.41) is 12.1. The third-order valence-corrected chi connectivity index (χ3v) is 2.96. The molecule has 0 fully saturated rings. The van der Waals surface area contributed by atoms with Crippen LogP contribution < -0.4 is 5.32 Å². The maximum atomic E-state index is 11.3. The molecule has 0 aromatic carbocycles.